The van der Waals surface area contributed by atoms with Gasteiger partial charge in [-0.3, -0.25) is 0 Å². The lowest BCUT2D eigenvalue weighted by atomic mass is 10.2. The summed E-state index contributed by atoms with van der Waals surface area (Å²) in [5.74, 6) is -0.528. The number of aromatic nitrogens is 2. The minimum Gasteiger partial charge on any atom is -0.481 e. The number of fused-ring (bicyclic) bond motifs is 1. The van der Waals surface area contributed by atoms with Gasteiger partial charge in [-0.2, -0.15) is 21.6 Å². The van der Waals surface area contributed by atoms with Crippen molar-refractivity contribution in [2.75, 3.05) is 7.11 Å². The Morgan fingerprint density at radius 3 is 2.52 bits per heavy atom. The van der Waals surface area contributed by atoms with Crippen molar-refractivity contribution in [3.63, 3.8) is 0 Å². The number of hydrogen-bond acceptors (Lipinski definition) is 6. The number of halogens is 4. The highest BCUT2D eigenvalue weighted by atomic mass is 79.9. The van der Waals surface area contributed by atoms with Gasteiger partial charge in [0.1, 0.15) is 0 Å². The highest BCUT2D eigenvalue weighted by Crippen LogP contribution is 2.31. The first-order valence-corrected chi connectivity index (χ1v) is 7.36. The van der Waals surface area contributed by atoms with Crippen molar-refractivity contribution in [1.82, 2.24) is 9.97 Å². The Morgan fingerprint density at radius 2 is 1.95 bits per heavy atom. The van der Waals surface area contributed by atoms with Crippen LogP contribution in [0, 0.1) is 0 Å². The van der Waals surface area contributed by atoms with Crippen molar-refractivity contribution in [2.24, 2.45) is 0 Å². The van der Waals surface area contributed by atoms with Crippen molar-refractivity contribution < 1.29 is 30.5 Å². The van der Waals surface area contributed by atoms with E-state index >= 15 is 0 Å². The molecular formula is C10H6BrF3N2O4S. The van der Waals surface area contributed by atoms with Crippen LogP contribution in [0.2, 0.25) is 0 Å². The van der Waals surface area contributed by atoms with E-state index in [9.17, 15) is 21.6 Å². The monoisotopic (exact) mass is 386 g/mol. The zero-order chi connectivity index (χ0) is 15.8. The second-order valence-electron chi connectivity index (χ2n) is 3.64. The molecule has 2 aromatic heterocycles. The quantitative estimate of drug-likeness (QED) is 0.595. The van der Waals surface area contributed by atoms with E-state index < -0.39 is 21.5 Å². The molecule has 21 heavy (non-hydrogen) atoms. The van der Waals surface area contributed by atoms with Gasteiger partial charge in [0.2, 0.25) is 11.8 Å². The van der Waals surface area contributed by atoms with Gasteiger partial charge >= 0.3 is 15.6 Å². The number of rotatable bonds is 3. The molecule has 0 fully saturated rings. The lowest BCUT2D eigenvalue weighted by molar-refractivity contribution is -0.0501. The average Bonchev–Trinajstić information content (AvgIpc) is 2.38. The molecule has 0 unspecified atom stereocenters. The molecule has 0 spiro atoms. The molecule has 0 aliphatic heterocycles. The van der Waals surface area contributed by atoms with E-state index in [1.54, 1.807) is 0 Å². The van der Waals surface area contributed by atoms with Crippen LogP contribution in [0.15, 0.2) is 22.8 Å². The third-order valence-electron chi connectivity index (χ3n) is 2.29. The van der Waals surface area contributed by atoms with Gasteiger partial charge in [-0.15, -0.1) is 0 Å². The van der Waals surface area contributed by atoms with Crippen LogP contribution >= 0.6 is 15.9 Å². The highest BCUT2D eigenvalue weighted by Gasteiger charge is 2.48. The molecule has 0 bridgehead atoms. The van der Waals surface area contributed by atoms with Gasteiger partial charge in [-0.05, 0) is 22.0 Å². The van der Waals surface area contributed by atoms with Crippen molar-refractivity contribution in [3.8, 4) is 11.8 Å². The summed E-state index contributed by atoms with van der Waals surface area (Å²) < 4.78 is 67.9. The molecule has 0 N–H and O–H groups in total. The zero-order valence-electron chi connectivity index (χ0n) is 10.2. The molecule has 0 radical (unpaired) electrons. The van der Waals surface area contributed by atoms with Crippen molar-refractivity contribution in [3.05, 3.63) is 22.8 Å². The van der Waals surface area contributed by atoms with Gasteiger partial charge in [-0.25, -0.2) is 9.97 Å². The third-order valence-corrected chi connectivity index (χ3v) is 3.83. The number of nitrogens with zero attached hydrogens (tertiary/aromatic N) is 2. The van der Waals surface area contributed by atoms with E-state index in [2.05, 4.69) is 30.1 Å². The number of methoxy groups -OCH3 is 1. The Balaban J connectivity index is 2.52. The Kier molecular flexibility index (Phi) is 3.97. The summed E-state index contributed by atoms with van der Waals surface area (Å²) in [6, 6.07) is 2.27. The van der Waals surface area contributed by atoms with Crippen LogP contribution in [-0.4, -0.2) is 31.0 Å². The van der Waals surface area contributed by atoms with Gasteiger partial charge in [0.25, 0.3) is 0 Å². The standard InChI is InChI=1S/C10H6BrF3N2O4S/c1-19-9-5-2-3-7(16-8(5)6(11)4-15-9)20-21(17,18)10(12,13)14/h2-4H,1H3. The van der Waals surface area contributed by atoms with Gasteiger partial charge in [-0.1, -0.05) is 0 Å². The number of pyridine rings is 2. The molecular weight excluding hydrogens is 381 g/mol. The van der Waals surface area contributed by atoms with E-state index in [1.807, 2.05) is 0 Å². The Labute approximate surface area is 125 Å². The molecule has 2 aromatic rings. The molecule has 0 aliphatic carbocycles. The predicted octanol–water partition coefficient (Wildman–Crippen LogP) is 2.63. The van der Waals surface area contributed by atoms with Crippen LogP contribution in [-0.2, 0) is 10.1 Å². The molecule has 2 heterocycles. The van der Waals surface area contributed by atoms with Gasteiger partial charge in [0.15, 0.2) is 0 Å². The third kappa shape index (κ3) is 3.02. The summed E-state index contributed by atoms with van der Waals surface area (Å²) in [5.41, 5.74) is -5.38. The van der Waals surface area contributed by atoms with E-state index in [1.165, 1.54) is 19.4 Å². The van der Waals surface area contributed by atoms with Crippen molar-refractivity contribution >= 4 is 37.0 Å². The fraction of sp³-hybridized carbons (Fsp3) is 0.200. The lowest BCUT2D eigenvalue weighted by Gasteiger charge is -2.10. The van der Waals surface area contributed by atoms with Gasteiger partial charge in [0, 0.05) is 12.3 Å². The molecule has 11 heteroatoms. The van der Waals surface area contributed by atoms with Gasteiger partial charge < -0.3 is 8.92 Å². The largest absolute Gasteiger partial charge is 0.534 e. The molecule has 0 amide bonds. The summed E-state index contributed by atoms with van der Waals surface area (Å²) in [7, 11) is -4.42. The first kappa shape index (κ1) is 15.8. The first-order valence-electron chi connectivity index (χ1n) is 5.15. The average molecular weight is 387 g/mol. The molecule has 0 aliphatic rings. The SMILES string of the molecule is COc1ncc(Br)c2nc(OS(=O)(=O)C(F)(F)F)ccc12. The second kappa shape index (κ2) is 5.30. The topological polar surface area (TPSA) is 78.4 Å². The zero-order valence-corrected chi connectivity index (χ0v) is 12.6. The fourth-order valence-electron chi connectivity index (χ4n) is 1.41. The summed E-state index contributed by atoms with van der Waals surface area (Å²) in [4.78, 5) is 7.63. The highest BCUT2D eigenvalue weighted by molar-refractivity contribution is 9.10. The van der Waals surface area contributed by atoms with Crippen LogP contribution < -0.4 is 8.92 Å². The number of alkyl halides is 3. The number of hydrogen-bond donors (Lipinski definition) is 0. The van der Waals surface area contributed by atoms with Crippen LogP contribution in [0.25, 0.3) is 10.9 Å². The smallest absolute Gasteiger partial charge is 0.481 e. The summed E-state index contributed by atoms with van der Waals surface area (Å²) in [6.07, 6.45) is 1.32. The molecule has 0 saturated heterocycles. The van der Waals surface area contributed by atoms with Crippen LogP contribution in [0.1, 0.15) is 0 Å². The van der Waals surface area contributed by atoms with Crippen LogP contribution in [0.5, 0.6) is 11.8 Å². The maximum Gasteiger partial charge on any atom is 0.534 e. The fourth-order valence-corrected chi connectivity index (χ4v) is 2.23. The first-order chi connectivity index (χ1) is 9.65. The second-order valence-corrected chi connectivity index (χ2v) is 6.04. The summed E-state index contributed by atoms with van der Waals surface area (Å²) in [5, 5.41) is 0.378. The van der Waals surface area contributed by atoms with Crippen LogP contribution in [0.3, 0.4) is 0 Å². The number of ether oxygens (including phenoxy) is 1. The summed E-state index contributed by atoms with van der Waals surface area (Å²) in [6.45, 7) is 0. The molecule has 2 rings (SSSR count). The Bertz CT molecular complexity index is 795. The minimum atomic E-state index is -5.77. The molecule has 0 atom stereocenters. The Hall–Kier alpha value is -1.62. The minimum absolute atomic E-state index is 0.150. The molecule has 0 aromatic carbocycles. The molecule has 0 saturated carbocycles. The van der Waals surface area contributed by atoms with Gasteiger partial charge in [0.05, 0.1) is 22.5 Å². The molecule has 6 nitrogen and oxygen atoms in total. The van der Waals surface area contributed by atoms with Crippen molar-refractivity contribution in [2.45, 2.75) is 5.51 Å². The Morgan fingerprint density at radius 1 is 1.29 bits per heavy atom. The van der Waals surface area contributed by atoms with E-state index in [4.69, 9.17) is 4.74 Å². The predicted molar refractivity (Wildman–Crippen MR) is 69.4 cm³/mol. The van der Waals surface area contributed by atoms with Crippen molar-refractivity contribution in [1.29, 1.82) is 0 Å². The normalized spacial score (nSPS) is 12.4. The maximum absolute atomic E-state index is 12.3. The van der Waals surface area contributed by atoms with E-state index in [0.29, 0.717) is 9.86 Å². The maximum atomic E-state index is 12.3. The van der Waals surface area contributed by atoms with E-state index in [-0.39, 0.29) is 11.4 Å². The van der Waals surface area contributed by atoms with Crippen LogP contribution in [0.4, 0.5) is 13.2 Å². The lowest BCUT2D eigenvalue weighted by Crippen LogP contribution is -2.28. The summed E-state index contributed by atoms with van der Waals surface area (Å²) >= 11 is 3.11. The molecule has 114 valence electrons. The van der Waals surface area contributed by atoms with E-state index in [0.717, 1.165) is 6.07 Å².